The van der Waals surface area contributed by atoms with Crippen LogP contribution in [0.3, 0.4) is 0 Å². The van der Waals surface area contributed by atoms with E-state index in [9.17, 15) is 19.5 Å². The first-order valence-corrected chi connectivity index (χ1v) is 10.4. The molecule has 1 aromatic carbocycles. The Labute approximate surface area is 169 Å². The molecule has 3 aliphatic heterocycles. The molecule has 0 aromatic heterocycles. The van der Waals surface area contributed by atoms with Crippen molar-refractivity contribution in [2.24, 2.45) is 0 Å². The maximum atomic E-state index is 13.7. The molecule has 1 saturated carbocycles. The number of piperidine rings is 1. The molecule has 1 aliphatic carbocycles. The monoisotopic (exact) mass is 398 g/mol. The van der Waals surface area contributed by atoms with Gasteiger partial charge in [-0.25, -0.2) is 4.79 Å². The average Bonchev–Trinajstić information content (AvgIpc) is 3.46. The predicted molar refractivity (Wildman–Crippen MR) is 105 cm³/mol. The van der Waals surface area contributed by atoms with Crippen molar-refractivity contribution in [1.29, 1.82) is 0 Å². The molecular weight excluding hydrogens is 372 g/mol. The molecule has 1 atom stereocenters. The second-order valence-corrected chi connectivity index (χ2v) is 8.55. The molecule has 5 rings (SSSR count). The zero-order chi connectivity index (χ0) is 20.2. The molecule has 3 saturated heterocycles. The van der Waals surface area contributed by atoms with Gasteiger partial charge in [-0.3, -0.25) is 9.59 Å². The Hall–Kier alpha value is -2.77. The van der Waals surface area contributed by atoms with Gasteiger partial charge in [0.1, 0.15) is 11.6 Å². The van der Waals surface area contributed by atoms with Crippen LogP contribution in [0.1, 0.15) is 32.1 Å². The van der Waals surface area contributed by atoms with Crippen molar-refractivity contribution in [1.82, 2.24) is 14.7 Å². The molecule has 0 bridgehead atoms. The number of para-hydroxylation sites is 1. The van der Waals surface area contributed by atoms with Crippen molar-refractivity contribution < 1.29 is 19.5 Å². The van der Waals surface area contributed by atoms with E-state index in [2.05, 4.69) is 4.90 Å². The van der Waals surface area contributed by atoms with Gasteiger partial charge in [0.2, 0.25) is 5.91 Å². The summed E-state index contributed by atoms with van der Waals surface area (Å²) < 4.78 is 0. The van der Waals surface area contributed by atoms with Crippen LogP contribution in [0, 0.1) is 0 Å². The number of benzene rings is 1. The zero-order valence-electron chi connectivity index (χ0n) is 16.4. The molecule has 154 valence electrons. The molecule has 1 unspecified atom stereocenters. The fraction of sp³-hybridized carbons (Fsp3) is 0.571. The van der Waals surface area contributed by atoms with Crippen molar-refractivity contribution in [2.75, 3.05) is 31.2 Å². The van der Waals surface area contributed by atoms with E-state index in [4.69, 9.17) is 0 Å². The predicted octanol–water partition coefficient (Wildman–Crippen LogP) is 1.57. The minimum Gasteiger partial charge on any atom is -0.465 e. The maximum Gasteiger partial charge on any atom is 0.407 e. The van der Waals surface area contributed by atoms with Crippen LogP contribution in [0.15, 0.2) is 30.3 Å². The minimum absolute atomic E-state index is 0.0256. The molecule has 4 aliphatic rings. The summed E-state index contributed by atoms with van der Waals surface area (Å²) in [5.74, 6) is 0.0521. The number of carbonyl (C=O) groups is 3. The van der Waals surface area contributed by atoms with E-state index >= 15 is 0 Å². The number of nitrogens with zero attached hydrogens (tertiary/aromatic N) is 4. The van der Waals surface area contributed by atoms with Crippen LogP contribution in [-0.4, -0.2) is 81.6 Å². The Balaban J connectivity index is 1.45. The molecule has 29 heavy (non-hydrogen) atoms. The van der Waals surface area contributed by atoms with Gasteiger partial charge in [0.05, 0.1) is 6.67 Å². The third-order valence-electron chi connectivity index (χ3n) is 6.97. The smallest absolute Gasteiger partial charge is 0.407 e. The van der Waals surface area contributed by atoms with Gasteiger partial charge >= 0.3 is 6.09 Å². The number of carboxylic acid groups (broad SMARTS) is 1. The summed E-state index contributed by atoms with van der Waals surface area (Å²) in [5, 5.41) is 9.33. The van der Waals surface area contributed by atoms with Crippen molar-refractivity contribution in [2.45, 2.75) is 49.7 Å². The van der Waals surface area contributed by atoms with Crippen LogP contribution in [0.5, 0.6) is 0 Å². The molecule has 8 nitrogen and oxygen atoms in total. The summed E-state index contributed by atoms with van der Waals surface area (Å²) in [7, 11) is 0. The quantitative estimate of drug-likeness (QED) is 0.836. The molecule has 3 amide bonds. The van der Waals surface area contributed by atoms with Gasteiger partial charge in [0.25, 0.3) is 5.91 Å². The van der Waals surface area contributed by atoms with Crippen LogP contribution in [-0.2, 0) is 9.59 Å². The van der Waals surface area contributed by atoms with Crippen LogP contribution >= 0.6 is 0 Å². The molecule has 1 N–H and O–H groups in total. The third-order valence-corrected chi connectivity index (χ3v) is 6.97. The highest BCUT2D eigenvalue weighted by atomic mass is 16.4. The largest absolute Gasteiger partial charge is 0.465 e. The molecule has 0 radical (unpaired) electrons. The Kier molecular flexibility index (Phi) is 4.18. The lowest BCUT2D eigenvalue weighted by atomic mass is 9.85. The second kappa shape index (κ2) is 6.64. The Morgan fingerprint density at radius 2 is 1.66 bits per heavy atom. The van der Waals surface area contributed by atoms with Crippen LogP contribution in [0.4, 0.5) is 10.5 Å². The summed E-state index contributed by atoms with van der Waals surface area (Å²) in [6, 6.07) is 9.75. The Morgan fingerprint density at radius 1 is 0.966 bits per heavy atom. The first kappa shape index (κ1) is 18.3. The first-order chi connectivity index (χ1) is 14.0. The van der Waals surface area contributed by atoms with E-state index in [1.54, 1.807) is 4.90 Å². The lowest BCUT2D eigenvalue weighted by Crippen LogP contribution is -2.57. The fourth-order valence-electron chi connectivity index (χ4n) is 5.19. The number of hydrogen-bond acceptors (Lipinski definition) is 4. The SMILES string of the molecule is O=C(O)N1CCC2(CC1)C(=O)N(C1CCN(C3CC3)C1=O)CN2c1ccccc1. The summed E-state index contributed by atoms with van der Waals surface area (Å²) in [6.45, 7) is 1.75. The van der Waals surface area contributed by atoms with Crippen molar-refractivity contribution in [3.8, 4) is 0 Å². The highest BCUT2D eigenvalue weighted by molar-refractivity contribution is 5.98. The van der Waals surface area contributed by atoms with E-state index in [-0.39, 0.29) is 11.8 Å². The topological polar surface area (TPSA) is 84.4 Å². The first-order valence-electron chi connectivity index (χ1n) is 10.4. The minimum atomic E-state index is -0.945. The maximum absolute atomic E-state index is 13.7. The number of hydrogen-bond donors (Lipinski definition) is 1. The van der Waals surface area contributed by atoms with E-state index < -0.39 is 17.7 Å². The van der Waals surface area contributed by atoms with Gasteiger partial charge in [0.15, 0.2) is 0 Å². The van der Waals surface area contributed by atoms with Crippen molar-refractivity contribution in [3.05, 3.63) is 30.3 Å². The zero-order valence-corrected chi connectivity index (χ0v) is 16.4. The Morgan fingerprint density at radius 3 is 2.28 bits per heavy atom. The highest BCUT2D eigenvalue weighted by Crippen LogP contribution is 2.42. The molecule has 3 heterocycles. The van der Waals surface area contributed by atoms with Gasteiger partial charge in [-0.05, 0) is 44.2 Å². The standard InChI is InChI=1S/C21H26N4O4/c26-18-17(8-11-23(18)15-6-7-15)24-14-25(16-4-2-1-3-5-16)21(19(24)27)9-12-22(13-10-21)20(28)29/h1-5,15,17H,6-14H2,(H,28,29). The summed E-state index contributed by atoms with van der Waals surface area (Å²) >= 11 is 0. The van der Waals surface area contributed by atoms with Gasteiger partial charge < -0.3 is 24.7 Å². The number of amides is 3. The molecule has 1 spiro atoms. The average molecular weight is 398 g/mol. The fourth-order valence-corrected chi connectivity index (χ4v) is 5.19. The molecule has 4 fully saturated rings. The van der Waals surface area contributed by atoms with Crippen molar-refractivity contribution in [3.63, 3.8) is 0 Å². The van der Waals surface area contributed by atoms with E-state index in [1.165, 1.54) is 4.90 Å². The van der Waals surface area contributed by atoms with E-state index in [1.807, 2.05) is 35.2 Å². The number of anilines is 1. The summed E-state index contributed by atoms with van der Waals surface area (Å²) in [6.07, 6.45) is 2.75. The van der Waals surface area contributed by atoms with Crippen LogP contribution in [0.2, 0.25) is 0 Å². The number of rotatable bonds is 3. The van der Waals surface area contributed by atoms with E-state index in [0.717, 1.165) is 25.1 Å². The summed E-state index contributed by atoms with van der Waals surface area (Å²) in [4.78, 5) is 45.3. The van der Waals surface area contributed by atoms with Crippen LogP contribution < -0.4 is 4.90 Å². The second-order valence-electron chi connectivity index (χ2n) is 8.55. The van der Waals surface area contributed by atoms with Gasteiger partial charge in [-0.15, -0.1) is 0 Å². The summed E-state index contributed by atoms with van der Waals surface area (Å²) in [5.41, 5.74) is 0.164. The van der Waals surface area contributed by atoms with Gasteiger partial charge in [-0.2, -0.15) is 0 Å². The third kappa shape index (κ3) is 2.84. The number of carbonyl (C=O) groups excluding carboxylic acids is 2. The van der Waals surface area contributed by atoms with Gasteiger partial charge in [0, 0.05) is 31.4 Å². The molecule has 1 aromatic rings. The molecule has 8 heteroatoms. The lowest BCUT2D eigenvalue weighted by Gasteiger charge is -2.42. The number of likely N-dealkylation sites (tertiary alicyclic amines) is 2. The lowest BCUT2D eigenvalue weighted by molar-refractivity contribution is -0.142. The van der Waals surface area contributed by atoms with Crippen LogP contribution in [0.25, 0.3) is 0 Å². The van der Waals surface area contributed by atoms with E-state index in [0.29, 0.717) is 45.1 Å². The normalized spacial score (nSPS) is 26.7. The highest BCUT2D eigenvalue weighted by Gasteiger charge is 2.57. The molecular formula is C21H26N4O4. The Bertz CT molecular complexity index is 832. The van der Waals surface area contributed by atoms with Crippen molar-refractivity contribution >= 4 is 23.6 Å². The van der Waals surface area contributed by atoms with Gasteiger partial charge in [-0.1, -0.05) is 18.2 Å².